The summed E-state index contributed by atoms with van der Waals surface area (Å²) in [7, 11) is 0. The highest BCUT2D eigenvalue weighted by molar-refractivity contribution is 6.03. The summed E-state index contributed by atoms with van der Waals surface area (Å²) in [6.45, 7) is 3.48. The summed E-state index contributed by atoms with van der Waals surface area (Å²) < 4.78 is 0. The molecule has 0 aliphatic heterocycles. The lowest BCUT2D eigenvalue weighted by Crippen LogP contribution is -2.26. The van der Waals surface area contributed by atoms with Gasteiger partial charge in [-0.1, -0.05) is 61.2 Å². The molecule has 0 aromatic heterocycles. The van der Waals surface area contributed by atoms with Crippen LogP contribution in [0.2, 0.25) is 0 Å². The molecule has 0 unspecified atom stereocenters. The van der Waals surface area contributed by atoms with Gasteiger partial charge in [-0.25, -0.2) is 0 Å². The summed E-state index contributed by atoms with van der Waals surface area (Å²) in [5.41, 5.74) is 8.28. The van der Waals surface area contributed by atoms with Crippen molar-refractivity contribution in [1.29, 1.82) is 0 Å². The van der Waals surface area contributed by atoms with Crippen LogP contribution in [0.1, 0.15) is 10.4 Å². The second-order valence-corrected chi connectivity index (χ2v) is 5.09. The van der Waals surface area contributed by atoms with Gasteiger partial charge in [0, 0.05) is 5.56 Å². The maximum atomic E-state index is 12.0. The number of carbonyl (C=O) groups excluding carboxylic acids is 1. The number of nitrogens with two attached hydrogens (primary N) is 1. The van der Waals surface area contributed by atoms with Crippen molar-refractivity contribution < 1.29 is 4.79 Å². The zero-order valence-corrected chi connectivity index (χ0v) is 12.0. The molecular weight excluding hydrogens is 272 g/mol. The zero-order valence-electron chi connectivity index (χ0n) is 12.0. The summed E-state index contributed by atoms with van der Waals surface area (Å²) in [6.07, 6.45) is 0. The maximum Gasteiger partial charge on any atom is 0.256 e. The van der Waals surface area contributed by atoms with Gasteiger partial charge in [-0.15, -0.1) is 0 Å². The van der Waals surface area contributed by atoms with Crippen molar-refractivity contribution in [2.45, 2.75) is 0 Å². The second-order valence-electron chi connectivity index (χ2n) is 5.09. The molecular formula is C19H16N2O. The lowest BCUT2D eigenvalue weighted by molar-refractivity contribution is 0.0966. The van der Waals surface area contributed by atoms with Crippen LogP contribution in [0.5, 0.6) is 0 Å². The molecule has 3 heteroatoms. The maximum absolute atomic E-state index is 12.0. The summed E-state index contributed by atoms with van der Waals surface area (Å²) >= 11 is 0. The van der Waals surface area contributed by atoms with Gasteiger partial charge in [0.25, 0.3) is 5.91 Å². The Kier molecular flexibility index (Phi) is 3.62. The molecule has 0 fully saturated rings. The number of carbonyl (C=O) groups is 1. The number of benzene rings is 3. The SMILES string of the molecule is C=C(N)NC(=O)c1ccc2c(-c3ccccc3)cccc2c1. The van der Waals surface area contributed by atoms with Gasteiger partial charge in [0.15, 0.2) is 0 Å². The topological polar surface area (TPSA) is 55.1 Å². The molecule has 0 radical (unpaired) electrons. The van der Waals surface area contributed by atoms with E-state index >= 15 is 0 Å². The number of hydrogen-bond donors (Lipinski definition) is 2. The lowest BCUT2D eigenvalue weighted by Gasteiger charge is -2.09. The van der Waals surface area contributed by atoms with Crippen molar-refractivity contribution >= 4 is 16.7 Å². The quantitative estimate of drug-likeness (QED) is 0.772. The molecule has 0 saturated carbocycles. The van der Waals surface area contributed by atoms with E-state index in [9.17, 15) is 4.79 Å². The summed E-state index contributed by atoms with van der Waals surface area (Å²) in [5.74, 6) is -0.109. The van der Waals surface area contributed by atoms with Gasteiger partial charge in [-0.3, -0.25) is 4.79 Å². The molecule has 0 atom stereocenters. The Bertz CT molecular complexity index is 854. The van der Waals surface area contributed by atoms with Crippen molar-refractivity contribution in [3.8, 4) is 11.1 Å². The number of fused-ring (bicyclic) bond motifs is 1. The number of nitrogens with one attached hydrogen (secondary N) is 1. The largest absolute Gasteiger partial charge is 0.386 e. The number of amides is 1. The van der Waals surface area contributed by atoms with Crippen molar-refractivity contribution in [2.75, 3.05) is 0 Å². The first kappa shape index (κ1) is 13.9. The number of rotatable bonds is 3. The van der Waals surface area contributed by atoms with E-state index in [0.717, 1.165) is 21.9 Å². The minimum absolute atomic E-state index is 0.142. The van der Waals surface area contributed by atoms with Crippen LogP contribution in [-0.2, 0) is 0 Å². The fourth-order valence-corrected chi connectivity index (χ4v) is 2.51. The predicted octanol–water partition coefficient (Wildman–Crippen LogP) is 3.67. The highest BCUT2D eigenvalue weighted by Crippen LogP contribution is 2.29. The van der Waals surface area contributed by atoms with Crippen molar-refractivity contribution in [3.05, 3.63) is 84.7 Å². The predicted molar refractivity (Wildman–Crippen MR) is 90.2 cm³/mol. The molecule has 108 valence electrons. The Morgan fingerprint density at radius 3 is 2.45 bits per heavy atom. The molecule has 3 aromatic rings. The first-order valence-electron chi connectivity index (χ1n) is 6.99. The van der Waals surface area contributed by atoms with E-state index in [-0.39, 0.29) is 11.7 Å². The highest BCUT2D eigenvalue weighted by Gasteiger charge is 2.08. The van der Waals surface area contributed by atoms with Gasteiger partial charge in [-0.05, 0) is 34.0 Å². The third-order valence-electron chi connectivity index (χ3n) is 3.50. The summed E-state index contributed by atoms with van der Waals surface area (Å²) in [5, 5.41) is 4.63. The molecule has 0 aliphatic rings. The third-order valence-corrected chi connectivity index (χ3v) is 3.50. The Morgan fingerprint density at radius 1 is 0.955 bits per heavy atom. The first-order chi connectivity index (χ1) is 10.6. The van der Waals surface area contributed by atoms with Crippen LogP contribution in [0.3, 0.4) is 0 Å². The number of hydrogen-bond acceptors (Lipinski definition) is 2. The van der Waals surface area contributed by atoms with Gasteiger partial charge < -0.3 is 11.1 Å². The van der Waals surface area contributed by atoms with Crippen LogP contribution >= 0.6 is 0 Å². The zero-order chi connectivity index (χ0) is 15.5. The lowest BCUT2D eigenvalue weighted by atomic mass is 9.97. The molecule has 0 aliphatic carbocycles. The molecule has 22 heavy (non-hydrogen) atoms. The van der Waals surface area contributed by atoms with Crippen molar-refractivity contribution in [3.63, 3.8) is 0 Å². The van der Waals surface area contributed by atoms with Gasteiger partial charge in [0.2, 0.25) is 0 Å². The monoisotopic (exact) mass is 288 g/mol. The van der Waals surface area contributed by atoms with E-state index in [1.807, 2.05) is 42.5 Å². The molecule has 1 amide bonds. The van der Waals surface area contributed by atoms with Crippen LogP contribution < -0.4 is 11.1 Å². The van der Waals surface area contributed by atoms with Crippen LogP contribution in [0.25, 0.3) is 21.9 Å². The fraction of sp³-hybridized carbons (Fsp3) is 0. The van der Waals surface area contributed by atoms with Crippen LogP contribution in [-0.4, -0.2) is 5.91 Å². The summed E-state index contributed by atoms with van der Waals surface area (Å²) in [6, 6.07) is 21.9. The Morgan fingerprint density at radius 2 is 1.73 bits per heavy atom. The van der Waals surface area contributed by atoms with Gasteiger partial charge >= 0.3 is 0 Å². The van der Waals surface area contributed by atoms with E-state index < -0.39 is 0 Å². The first-order valence-corrected chi connectivity index (χ1v) is 6.99. The molecule has 3 nitrogen and oxygen atoms in total. The van der Waals surface area contributed by atoms with Crippen LogP contribution in [0, 0.1) is 0 Å². The molecule has 0 spiro atoms. The summed E-state index contributed by atoms with van der Waals surface area (Å²) in [4.78, 5) is 12.0. The highest BCUT2D eigenvalue weighted by atomic mass is 16.1. The van der Waals surface area contributed by atoms with E-state index in [1.54, 1.807) is 6.07 Å². The standard InChI is InChI=1S/C19H16N2O/c1-13(20)21-19(22)16-10-11-18-15(12-16)8-5-9-17(18)14-6-3-2-4-7-14/h2-12H,1,20H2,(H,21,22). The average Bonchev–Trinajstić information content (AvgIpc) is 2.54. The molecule has 3 rings (SSSR count). The minimum Gasteiger partial charge on any atom is -0.386 e. The fourth-order valence-electron chi connectivity index (χ4n) is 2.51. The van der Waals surface area contributed by atoms with Crippen LogP contribution in [0.4, 0.5) is 0 Å². The average molecular weight is 288 g/mol. The second kappa shape index (κ2) is 5.74. The molecule has 0 saturated heterocycles. The van der Waals surface area contributed by atoms with Crippen molar-refractivity contribution in [2.24, 2.45) is 5.73 Å². The van der Waals surface area contributed by atoms with Gasteiger partial charge in [0.1, 0.15) is 0 Å². The third kappa shape index (κ3) is 2.69. The minimum atomic E-state index is -0.250. The normalized spacial score (nSPS) is 10.4. The smallest absolute Gasteiger partial charge is 0.256 e. The van der Waals surface area contributed by atoms with Gasteiger partial charge in [0.05, 0.1) is 5.82 Å². The molecule has 3 N–H and O–H groups in total. The Hall–Kier alpha value is -3.07. The van der Waals surface area contributed by atoms with Crippen LogP contribution in [0.15, 0.2) is 79.1 Å². The molecule has 0 heterocycles. The van der Waals surface area contributed by atoms with E-state index in [0.29, 0.717) is 5.56 Å². The van der Waals surface area contributed by atoms with E-state index in [1.165, 1.54) is 0 Å². The van der Waals surface area contributed by atoms with Crippen molar-refractivity contribution in [1.82, 2.24) is 5.32 Å². The molecule has 3 aromatic carbocycles. The molecule has 0 bridgehead atoms. The Balaban J connectivity index is 2.08. The van der Waals surface area contributed by atoms with Gasteiger partial charge in [-0.2, -0.15) is 0 Å². The van der Waals surface area contributed by atoms with E-state index in [2.05, 4.69) is 30.1 Å². The Labute approximate surface area is 129 Å². The van der Waals surface area contributed by atoms with E-state index in [4.69, 9.17) is 5.73 Å².